The van der Waals surface area contributed by atoms with Crippen LogP contribution in [0.3, 0.4) is 0 Å². The van der Waals surface area contributed by atoms with Crippen molar-refractivity contribution in [2.45, 2.75) is 4.90 Å². The highest BCUT2D eigenvalue weighted by Gasteiger charge is 2.19. The van der Waals surface area contributed by atoms with Gasteiger partial charge >= 0.3 is 0 Å². The normalized spacial score (nSPS) is 11.5. The Hall–Kier alpha value is -1.68. The van der Waals surface area contributed by atoms with E-state index in [1.165, 1.54) is 30.6 Å². The number of benzene rings is 1. The molecule has 0 unspecified atom stereocenters. The molecule has 0 amide bonds. The van der Waals surface area contributed by atoms with Gasteiger partial charge in [0.1, 0.15) is 0 Å². The fourth-order valence-electron chi connectivity index (χ4n) is 1.87. The van der Waals surface area contributed by atoms with Gasteiger partial charge in [-0.25, -0.2) is 17.8 Å². The van der Waals surface area contributed by atoms with Gasteiger partial charge in [-0.3, -0.25) is 4.72 Å². The number of anilines is 1. The first-order chi connectivity index (χ1) is 11.4. The van der Waals surface area contributed by atoms with E-state index < -0.39 is 15.8 Å². The molecule has 0 aliphatic rings. The third kappa shape index (κ3) is 3.54. The molecule has 3 rings (SSSR count). The molecular weight excluding hydrogens is 395 g/mol. The van der Waals surface area contributed by atoms with E-state index in [4.69, 9.17) is 16.3 Å². The van der Waals surface area contributed by atoms with E-state index >= 15 is 0 Å². The monoisotopic (exact) mass is 404 g/mol. The number of nitrogens with one attached hydrogen (secondary N) is 1. The average Bonchev–Trinajstić information content (AvgIpc) is 3.15. The van der Waals surface area contributed by atoms with Gasteiger partial charge in [-0.1, -0.05) is 11.6 Å². The predicted octanol–water partition coefficient (Wildman–Crippen LogP) is 4.47. The van der Waals surface area contributed by atoms with Crippen molar-refractivity contribution in [2.24, 2.45) is 0 Å². The summed E-state index contributed by atoms with van der Waals surface area (Å²) in [6.45, 7) is 0. The molecule has 1 aromatic carbocycles. The lowest BCUT2D eigenvalue weighted by Crippen LogP contribution is -2.13. The van der Waals surface area contributed by atoms with Gasteiger partial charge in [0.05, 0.1) is 26.9 Å². The number of sulfonamides is 1. The minimum Gasteiger partial charge on any atom is -0.494 e. The molecule has 24 heavy (non-hydrogen) atoms. The molecular formula is C14H10ClFN2O3S3. The Bertz CT molecular complexity index is 985. The standard InChI is InChI=1S/C14H10ClFN2O3S3/c1-21-11-3-2-8(6-9(11)16)24(19,20)18-14-17-10(7-22-14)12-4-5-13(15)23-12/h2-7H,1H3,(H,17,18). The van der Waals surface area contributed by atoms with Gasteiger partial charge in [0, 0.05) is 5.38 Å². The average molecular weight is 405 g/mol. The molecule has 0 aliphatic carbocycles. The molecule has 0 fully saturated rings. The molecule has 0 atom stereocenters. The number of halogens is 2. The molecule has 0 saturated heterocycles. The number of methoxy groups -OCH3 is 1. The van der Waals surface area contributed by atoms with Crippen LogP contribution in [0.5, 0.6) is 5.75 Å². The summed E-state index contributed by atoms with van der Waals surface area (Å²) >= 11 is 8.35. The lowest BCUT2D eigenvalue weighted by atomic mass is 10.3. The zero-order chi connectivity index (χ0) is 17.3. The molecule has 0 spiro atoms. The van der Waals surface area contributed by atoms with E-state index in [0.717, 1.165) is 22.3 Å². The maximum atomic E-state index is 13.7. The summed E-state index contributed by atoms with van der Waals surface area (Å²) in [4.78, 5) is 4.84. The van der Waals surface area contributed by atoms with Crippen molar-refractivity contribution in [1.82, 2.24) is 4.98 Å². The lowest BCUT2D eigenvalue weighted by molar-refractivity contribution is 0.385. The molecule has 5 nitrogen and oxygen atoms in total. The van der Waals surface area contributed by atoms with E-state index in [0.29, 0.717) is 10.0 Å². The van der Waals surface area contributed by atoms with Crippen molar-refractivity contribution in [2.75, 3.05) is 11.8 Å². The summed E-state index contributed by atoms with van der Waals surface area (Å²) in [5, 5.41) is 1.90. The van der Waals surface area contributed by atoms with Crippen LogP contribution in [0.2, 0.25) is 4.34 Å². The van der Waals surface area contributed by atoms with Crippen LogP contribution in [0.15, 0.2) is 40.6 Å². The van der Waals surface area contributed by atoms with Gasteiger partial charge in [-0.15, -0.1) is 22.7 Å². The molecule has 1 N–H and O–H groups in total. The second-order valence-corrected chi connectivity index (χ2v) is 8.80. The summed E-state index contributed by atoms with van der Waals surface area (Å²) in [6.07, 6.45) is 0. The second-order valence-electron chi connectivity index (χ2n) is 4.54. The first-order valence-electron chi connectivity index (χ1n) is 6.46. The summed E-state index contributed by atoms with van der Waals surface area (Å²) in [5.74, 6) is -0.784. The van der Waals surface area contributed by atoms with E-state index in [-0.39, 0.29) is 15.8 Å². The van der Waals surface area contributed by atoms with Gasteiger partial charge in [0.15, 0.2) is 16.7 Å². The molecule has 0 bridgehead atoms. The maximum absolute atomic E-state index is 13.7. The van der Waals surface area contributed by atoms with Crippen molar-refractivity contribution in [3.05, 3.63) is 45.9 Å². The summed E-state index contributed by atoms with van der Waals surface area (Å²) in [6, 6.07) is 6.96. The van der Waals surface area contributed by atoms with Crippen molar-refractivity contribution < 1.29 is 17.5 Å². The number of ether oxygens (including phenoxy) is 1. The Morgan fingerprint density at radius 1 is 1.29 bits per heavy atom. The van der Waals surface area contributed by atoms with Gasteiger partial charge in [0.2, 0.25) is 0 Å². The van der Waals surface area contributed by atoms with Crippen molar-refractivity contribution >= 4 is 49.4 Å². The Morgan fingerprint density at radius 3 is 2.71 bits per heavy atom. The molecule has 10 heteroatoms. The molecule has 126 valence electrons. The highest BCUT2D eigenvalue weighted by molar-refractivity contribution is 7.93. The smallest absolute Gasteiger partial charge is 0.263 e. The van der Waals surface area contributed by atoms with E-state index in [1.54, 1.807) is 17.5 Å². The summed E-state index contributed by atoms with van der Waals surface area (Å²) < 4.78 is 46.1. The number of hydrogen-bond acceptors (Lipinski definition) is 6. The first kappa shape index (κ1) is 17.2. The van der Waals surface area contributed by atoms with Crippen LogP contribution in [-0.4, -0.2) is 20.5 Å². The molecule has 3 aromatic rings. The van der Waals surface area contributed by atoms with Crippen LogP contribution in [0.25, 0.3) is 10.6 Å². The fourth-order valence-corrected chi connectivity index (χ4v) is 4.93. The van der Waals surface area contributed by atoms with Crippen LogP contribution >= 0.6 is 34.3 Å². The highest BCUT2D eigenvalue weighted by Crippen LogP contribution is 2.33. The minimum absolute atomic E-state index is 0.0277. The third-order valence-electron chi connectivity index (χ3n) is 2.99. The van der Waals surface area contributed by atoms with Crippen LogP contribution in [0.1, 0.15) is 0 Å². The molecule has 0 aliphatic heterocycles. The third-order valence-corrected chi connectivity index (χ3v) is 6.46. The zero-order valence-corrected chi connectivity index (χ0v) is 15.3. The first-order valence-corrected chi connectivity index (χ1v) is 10.0. The fraction of sp³-hybridized carbons (Fsp3) is 0.0714. The molecule has 2 heterocycles. The van der Waals surface area contributed by atoms with Gasteiger partial charge < -0.3 is 4.74 Å². The molecule has 2 aromatic heterocycles. The number of nitrogens with zero attached hydrogens (tertiary/aromatic N) is 1. The summed E-state index contributed by atoms with van der Waals surface area (Å²) in [5.41, 5.74) is 0.621. The molecule has 0 saturated carbocycles. The van der Waals surface area contributed by atoms with Crippen LogP contribution < -0.4 is 9.46 Å². The SMILES string of the molecule is COc1ccc(S(=O)(=O)Nc2nc(-c3ccc(Cl)s3)cs2)cc1F. The van der Waals surface area contributed by atoms with Gasteiger partial charge in [0.25, 0.3) is 10.0 Å². The van der Waals surface area contributed by atoms with Crippen molar-refractivity contribution in [1.29, 1.82) is 0 Å². The van der Waals surface area contributed by atoms with E-state index in [2.05, 4.69) is 9.71 Å². The van der Waals surface area contributed by atoms with E-state index in [1.807, 2.05) is 0 Å². The maximum Gasteiger partial charge on any atom is 0.263 e. The highest BCUT2D eigenvalue weighted by atomic mass is 35.5. The Balaban J connectivity index is 1.85. The van der Waals surface area contributed by atoms with Crippen LogP contribution in [0.4, 0.5) is 9.52 Å². The van der Waals surface area contributed by atoms with Crippen molar-refractivity contribution in [3.63, 3.8) is 0 Å². The second kappa shape index (κ2) is 6.67. The number of thiophene rings is 1. The van der Waals surface area contributed by atoms with Crippen LogP contribution in [0, 0.1) is 5.82 Å². The lowest BCUT2D eigenvalue weighted by Gasteiger charge is -2.07. The minimum atomic E-state index is -3.94. The Labute approximate surface area is 150 Å². The Kier molecular flexibility index (Phi) is 4.77. The zero-order valence-electron chi connectivity index (χ0n) is 12.1. The van der Waals surface area contributed by atoms with Crippen molar-refractivity contribution in [3.8, 4) is 16.3 Å². The molecule has 0 radical (unpaired) electrons. The number of hydrogen-bond donors (Lipinski definition) is 1. The van der Waals surface area contributed by atoms with E-state index in [9.17, 15) is 12.8 Å². The summed E-state index contributed by atoms with van der Waals surface area (Å²) in [7, 11) is -2.64. The quantitative estimate of drug-likeness (QED) is 0.681. The van der Waals surface area contributed by atoms with Crippen LogP contribution in [-0.2, 0) is 10.0 Å². The van der Waals surface area contributed by atoms with Gasteiger partial charge in [-0.05, 0) is 30.3 Å². The van der Waals surface area contributed by atoms with Gasteiger partial charge in [-0.2, -0.15) is 0 Å². The topological polar surface area (TPSA) is 68.3 Å². The number of thiazole rings is 1. The largest absolute Gasteiger partial charge is 0.494 e. The predicted molar refractivity (Wildman–Crippen MR) is 94.2 cm³/mol. The number of rotatable bonds is 5. The number of aromatic nitrogens is 1. The Morgan fingerprint density at radius 2 is 2.08 bits per heavy atom.